The van der Waals surface area contributed by atoms with Gasteiger partial charge in [0.15, 0.2) is 5.65 Å². The highest BCUT2D eigenvalue weighted by molar-refractivity contribution is 6.04. The fraction of sp³-hybridized carbons (Fsp3) is 0.500. The van der Waals surface area contributed by atoms with Crippen molar-refractivity contribution in [3.05, 3.63) is 30.6 Å². The summed E-state index contributed by atoms with van der Waals surface area (Å²) in [6.45, 7) is 5.01. The van der Waals surface area contributed by atoms with Gasteiger partial charge in [0, 0.05) is 32.3 Å². The van der Waals surface area contributed by atoms with Crippen LogP contribution >= 0.6 is 0 Å². The minimum atomic E-state index is -2.99. The number of alkyl halides is 2. The summed E-state index contributed by atoms with van der Waals surface area (Å²) >= 11 is 0. The van der Waals surface area contributed by atoms with Gasteiger partial charge >= 0.3 is 0 Å². The molecule has 0 bridgehead atoms. The van der Waals surface area contributed by atoms with Crippen molar-refractivity contribution in [2.75, 3.05) is 25.0 Å². The molecular weight excluding hydrogens is 370 g/mol. The third kappa shape index (κ3) is 4.82. The lowest BCUT2D eigenvalue weighted by Gasteiger charge is -2.34. The molecule has 1 fully saturated rings. The zero-order valence-electron chi connectivity index (χ0n) is 15.6. The quantitative estimate of drug-likeness (QED) is 0.533. The Morgan fingerprint density at radius 1 is 1.54 bits per heavy atom. The Hall–Kier alpha value is -2.59. The van der Waals surface area contributed by atoms with E-state index in [1.807, 2.05) is 4.90 Å². The molecule has 1 atom stereocenters. The number of carbonyl (C=O) groups is 1. The fourth-order valence-electron chi connectivity index (χ4n) is 3.13. The van der Waals surface area contributed by atoms with E-state index in [-0.39, 0.29) is 11.6 Å². The second-order valence-corrected chi connectivity index (χ2v) is 7.01. The molecule has 10 heteroatoms. The zero-order chi connectivity index (χ0) is 20.3. The second kappa shape index (κ2) is 8.19. The molecule has 2 aromatic heterocycles. The van der Waals surface area contributed by atoms with Crippen LogP contribution in [0.3, 0.4) is 0 Å². The topological polar surface area (TPSA) is 106 Å². The number of nitrogens with zero attached hydrogens (tertiary/aromatic N) is 3. The maximum absolute atomic E-state index is 13.0. The molecule has 0 radical (unpaired) electrons. The number of nitrogens with one attached hydrogen (secondary N) is 3. The van der Waals surface area contributed by atoms with E-state index in [0.717, 1.165) is 19.8 Å². The van der Waals surface area contributed by atoms with E-state index in [9.17, 15) is 18.7 Å². The maximum Gasteiger partial charge on any atom is 0.262 e. The standard InChI is InChI=1S/C18H24F2N6O2/c1-3-14(27)26-6-4-11(5-7-26)24-13-9-22-16-15(25-13)12(8-21-16)17(28)23-10-18(2,19)20/h3,8-9,11,14,27H,1,4-7,10H2,2H3,(H,21,22)(H,23,28)(H,24,25). The largest absolute Gasteiger partial charge is 0.375 e. The molecule has 4 N–H and O–H groups in total. The van der Waals surface area contributed by atoms with Crippen molar-refractivity contribution in [1.82, 2.24) is 25.2 Å². The first-order chi connectivity index (χ1) is 13.3. The smallest absolute Gasteiger partial charge is 0.262 e. The van der Waals surface area contributed by atoms with Crippen LogP contribution in [0.15, 0.2) is 25.0 Å². The monoisotopic (exact) mass is 394 g/mol. The average Bonchev–Trinajstić information content (AvgIpc) is 3.09. The van der Waals surface area contributed by atoms with Gasteiger partial charge in [0.05, 0.1) is 18.3 Å². The Balaban J connectivity index is 1.67. The van der Waals surface area contributed by atoms with Gasteiger partial charge in [-0.1, -0.05) is 6.58 Å². The van der Waals surface area contributed by atoms with Crippen molar-refractivity contribution >= 4 is 22.9 Å². The van der Waals surface area contributed by atoms with Crippen molar-refractivity contribution < 1.29 is 18.7 Å². The van der Waals surface area contributed by atoms with Crippen LogP contribution in [-0.4, -0.2) is 68.7 Å². The van der Waals surface area contributed by atoms with Crippen molar-refractivity contribution in [2.24, 2.45) is 0 Å². The van der Waals surface area contributed by atoms with Gasteiger partial charge in [-0.3, -0.25) is 9.69 Å². The number of halogens is 2. The number of fused-ring (bicyclic) bond motifs is 1. The highest BCUT2D eigenvalue weighted by atomic mass is 19.3. The van der Waals surface area contributed by atoms with E-state index < -0.39 is 24.6 Å². The number of aromatic amines is 1. The van der Waals surface area contributed by atoms with Gasteiger partial charge in [-0.2, -0.15) is 0 Å². The number of piperidine rings is 1. The summed E-state index contributed by atoms with van der Waals surface area (Å²) < 4.78 is 26.0. The first-order valence-corrected chi connectivity index (χ1v) is 9.08. The molecule has 2 aromatic rings. The minimum Gasteiger partial charge on any atom is -0.375 e. The molecule has 28 heavy (non-hydrogen) atoms. The van der Waals surface area contributed by atoms with Gasteiger partial charge in [0.2, 0.25) is 0 Å². The lowest BCUT2D eigenvalue weighted by molar-refractivity contribution is 0.0221. The molecule has 0 spiro atoms. The molecule has 0 aromatic carbocycles. The van der Waals surface area contributed by atoms with Gasteiger partial charge < -0.3 is 20.7 Å². The highest BCUT2D eigenvalue weighted by Crippen LogP contribution is 2.20. The van der Waals surface area contributed by atoms with E-state index in [1.165, 1.54) is 12.3 Å². The Morgan fingerprint density at radius 3 is 2.89 bits per heavy atom. The molecule has 0 aliphatic carbocycles. The molecule has 1 amide bonds. The van der Waals surface area contributed by atoms with Crippen molar-refractivity contribution in [3.8, 4) is 0 Å². The predicted molar refractivity (Wildman–Crippen MR) is 101 cm³/mol. The number of amides is 1. The molecule has 8 nitrogen and oxygen atoms in total. The Labute approximate surface area is 161 Å². The van der Waals surface area contributed by atoms with Crippen LogP contribution in [0.25, 0.3) is 11.2 Å². The molecule has 1 saturated heterocycles. The summed E-state index contributed by atoms with van der Waals surface area (Å²) in [5, 5.41) is 15.3. The number of hydrogen-bond donors (Lipinski definition) is 4. The van der Waals surface area contributed by atoms with Gasteiger partial charge in [-0.25, -0.2) is 18.7 Å². The van der Waals surface area contributed by atoms with Crippen LogP contribution in [0, 0.1) is 0 Å². The van der Waals surface area contributed by atoms with Gasteiger partial charge in [0.25, 0.3) is 11.8 Å². The molecule has 0 saturated carbocycles. The first-order valence-electron chi connectivity index (χ1n) is 9.08. The van der Waals surface area contributed by atoms with Crippen LogP contribution in [0.5, 0.6) is 0 Å². The molecule has 1 aliphatic rings. The first kappa shape index (κ1) is 20.2. The van der Waals surface area contributed by atoms with Gasteiger partial charge in [-0.15, -0.1) is 0 Å². The average molecular weight is 394 g/mol. The number of rotatable bonds is 7. The van der Waals surface area contributed by atoms with Gasteiger partial charge in [-0.05, 0) is 18.9 Å². The summed E-state index contributed by atoms with van der Waals surface area (Å²) in [5.41, 5.74) is 0.892. The summed E-state index contributed by atoms with van der Waals surface area (Å²) in [7, 11) is 0. The lowest BCUT2D eigenvalue weighted by Crippen LogP contribution is -2.43. The van der Waals surface area contributed by atoms with Crippen LogP contribution in [0.2, 0.25) is 0 Å². The third-order valence-corrected chi connectivity index (χ3v) is 4.65. The Morgan fingerprint density at radius 2 is 2.25 bits per heavy atom. The fourth-order valence-corrected chi connectivity index (χ4v) is 3.13. The summed E-state index contributed by atoms with van der Waals surface area (Å²) in [5.74, 6) is -3.12. The normalized spacial score (nSPS) is 17.4. The minimum absolute atomic E-state index is 0.148. The summed E-state index contributed by atoms with van der Waals surface area (Å²) in [6.07, 6.45) is 5.43. The van der Waals surface area contributed by atoms with Crippen LogP contribution in [-0.2, 0) is 0 Å². The molecule has 3 rings (SSSR count). The van der Waals surface area contributed by atoms with Gasteiger partial charge in [0.1, 0.15) is 17.6 Å². The molecule has 152 valence electrons. The Kier molecular flexibility index (Phi) is 5.90. The van der Waals surface area contributed by atoms with Crippen LogP contribution in [0.1, 0.15) is 30.1 Å². The van der Waals surface area contributed by atoms with E-state index in [4.69, 9.17) is 0 Å². The number of aromatic nitrogens is 3. The summed E-state index contributed by atoms with van der Waals surface area (Å²) in [4.78, 5) is 25.6. The van der Waals surface area contributed by atoms with E-state index in [2.05, 4.69) is 32.2 Å². The van der Waals surface area contributed by atoms with E-state index in [0.29, 0.717) is 30.1 Å². The lowest BCUT2D eigenvalue weighted by atomic mass is 10.0. The van der Waals surface area contributed by atoms with E-state index >= 15 is 0 Å². The van der Waals surface area contributed by atoms with Crippen LogP contribution in [0.4, 0.5) is 14.6 Å². The molecule has 1 unspecified atom stereocenters. The zero-order valence-corrected chi connectivity index (χ0v) is 15.6. The summed E-state index contributed by atoms with van der Waals surface area (Å²) in [6, 6.07) is 0.148. The number of carbonyl (C=O) groups excluding carboxylic acids is 1. The number of aliphatic hydroxyl groups excluding tert-OH is 1. The SMILES string of the molecule is C=CC(O)N1CCC(Nc2cnc3[nH]cc(C(=O)NCC(C)(F)F)c3n2)CC1. The second-order valence-electron chi connectivity index (χ2n) is 7.01. The van der Waals surface area contributed by atoms with Crippen molar-refractivity contribution in [3.63, 3.8) is 0 Å². The Bertz CT molecular complexity index is 842. The van der Waals surface area contributed by atoms with E-state index in [1.54, 1.807) is 6.20 Å². The van der Waals surface area contributed by atoms with Crippen LogP contribution < -0.4 is 10.6 Å². The molecule has 1 aliphatic heterocycles. The highest BCUT2D eigenvalue weighted by Gasteiger charge is 2.25. The number of anilines is 1. The number of aliphatic hydroxyl groups is 1. The molecule has 3 heterocycles. The number of hydrogen-bond acceptors (Lipinski definition) is 6. The van der Waals surface area contributed by atoms with Crippen molar-refractivity contribution in [1.29, 1.82) is 0 Å². The maximum atomic E-state index is 13.0. The number of likely N-dealkylation sites (tertiary alicyclic amines) is 1. The van der Waals surface area contributed by atoms with Crippen molar-refractivity contribution in [2.45, 2.75) is 38.0 Å². The third-order valence-electron chi connectivity index (χ3n) is 4.65. The predicted octanol–water partition coefficient (Wildman–Crippen LogP) is 1.72. The molecular formula is C18H24F2N6O2. The number of H-pyrrole nitrogens is 1.